The summed E-state index contributed by atoms with van der Waals surface area (Å²) >= 11 is 0. The van der Waals surface area contributed by atoms with Gasteiger partial charge >= 0.3 is 0 Å². The molecule has 0 fully saturated rings. The summed E-state index contributed by atoms with van der Waals surface area (Å²) < 4.78 is 0. The largest absolute Gasteiger partial charge is 0.405 e. The molecule has 2 rings (SSSR count). The van der Waals surface area contributed by atoms with Gasteiger partial charge in [0, 0.05) is 30.7 Å². The van der Waals surface area contributed by atoms with Crippen LogP contribution >= 0.6 is 0 Å². The van der Waals surface area contributed by atoms with E-state index < -0.39 is 0 Å². The number of nitrogens with one attached hydrogen (secondary N) is 1. The van der Waals surface area contributed by atoms with Crippen LogP contribution in [-0.2, 0) is 0 Å². The van der Waals surface area contributed by atoms with E-state index in [1.807, 2.05) is 30.3 Å². The summed E-state index contributed by atoms with van der Waals surface area (Å²) in [6.45, 7) is 3.85. The maximum atomic E-state index is 12.2. The second-order valence-corrected chi connectivity index (χ2v) is 4.90. The molecule has 122 valence electrons. The van der Waals surface area contributed by atoms with E-state index in [4.69, 9.17) is 5.73 Å². The molecule has 1 aromatic heterocycles. The molecule has 0 aliphatic rings. The number of hydrogen-bond donors (Lipinski definition) is 2. The fraction of sp³-hybridized carbons (Fsp3) is 0.0556. The zero-order valence-electron chi connectivity index (χ0n) is 13.4. The van der Waals surface area contributed by atoms with Crippen LogP contribution in [0.15, 0.2) is 79.4 Å². The molecular weight excluding hydrogens is 302 g/mol. The third-order valence-corrected chi connectivity index (χ3v) is 3.16. The first-order valence-electron chi connectivity index (χ1n) is 7.28. The minimum Gasteiger partial charge on any atom is -0.405 e. The van der Waals surface area contributed by atoms with Gasteiger partial charge in [0.15, 0.2) is 5.82 Å². The van der Waals surface area contributed by atoms with Gasteiger partial charge in [0.2, 0.25) is 0 Å². The third-order valence-electron chi connectivity index (χ3n) is 3.16. The summed E-state index contributed by atoms with van der Waals surface area (Å²) in [4.78, 5) is 20.7. The molecule has 6 heteroatoms. The Morgan fingerprint density at radius 3 is 2.50 bits per heavy atom. The first-order chi connectivity index (χ1) is 11.6. The van der Waals surface area contributed by atoms with Crippen molar-refractivity contribution in [3.8, 4) is 11.4 Å². The number of aromatic nitrogens is 2. The van der Waals surface area contributed by atoms with Gasteiger partial charge in [-0.3, -0.25) is 15.2 Å². The van der Waals surface area contributed by atoms with Gasteiger partial charge in [0.1, 0.15) is 0 Å². The molecule has 0 bridgehead atoms. The van der Waals surface area contributed by atoms with Crippen LogP contribution in [0.2, 0.25) is 0 Å². The van der Waals surface area contributed by atoms with Gasteiger partial charge in [-0.05, 0) is 18.4 Å². The number of hydrazine groups is 1. The lowest BCUT2D eigenvalue weighted by atomic mass is 10.2. The Hall–Kier alpha value is -3.41. The number of rotatable bonds is 6. The average Bonchev–Trinajstić information content (AvgIpc) is 2.62. The molecule has 0 saturated heterocycles. The monoisotopic (exact) mass is 321 g/mol. The molecule has 1 aromatic carbocycles. The number of nitrogens with zero attached hydrogens (tertiary/aromatic N) is 3. The highest BCUT2D eigenvalue weighted by atomic mass is 16.2. The zero-order valence-corrected chi connectivity index (χ0v) is 13.4. The van der Waals surface area contributed by atoms with Crippen molar-refractivity contribution in [3.63, 3.8) is 0 Å². The Balaban J connectivity index is 2.01. The van der Waals surface area contributed by atoms with Crippen LogP contribution in [0.5, 0.6) is 0 Å². The summed E-state index contributed by atoms with van der Waals surface area (Å²) in [7, 11) is 1.69. The van der Waals surface area contributed by atoms with Gasteiger partial charge in [0.05, 0.1) is 5.56 Å². The number of amides is 1. The summed E-state index contributed by atoms with van der Waals surface area (Å²) in [5.41, 5.74) is 9.79. The molecule has 0 spiro atoms. The second-order valence-electron chi connectivity index (χ2n) is 4.90. The smallest absolute Gasteiger partial charge is 0.272 e. The predicted octanol–water partition coefficient (Wildman–Crippen LogP) is 2.26. The van der Waals surface area contributed by atoms with E-state index >= 15 is 0 Å². The lowest BCUT2D eigenvalue weighted by molar-refractivity contribution is 0.0865. The van der Waals surface area contributed by atoms with Crippen molar-refractivity contribution in [2.75, 3.05) is 7.05 Å². The number of carbonyl (C=O) groups excluding carboxylic acids is 1. The van der Waals surface area contributed by atoms with Gasteiger partial charge in [-0.1, -0.05) is 43.0 Å². The van der Waals surface area contributed by atoms with Gasteiger partial charge in [0.25, 0.3) is 5.91 Å². The number of likely N-dealkylation sites (N-methyl/N-ethyl adjacent to an activating group) is 1. The molecule has 6 nitrogen and oxygen atoms in total. The minimum atomic E-state index is -0.318. The molecular formula is C18H19N5O. The Morgan fingerprint density at radius 2 is 1.88 bits per heavy atom. The fourth-order valence-electron chi connectivity index (χ4n) is 1.81. The Bertz CT molecular complexity index is 751. The topological polar surface area (TPSA) is 84.1 Å². The van der Waals surface area contributed by atoms with Gasteiger partial charge in [-0.15, -0.1) is 0 Å². The average molecular weight is 321 g/mol. The maximum absolute atomic E-state index is 12.2. The Morgan fingerprint density at radius 1 is 1.21 bits per heavy atom. The van der Waals surface area contributed by atoms with Gasteiger partial charge in [-0.25, -0.2) is 9.97 Å². The van der Waals surface area contributed by atoms with E-state index in [-0.39, 0.29) is 5.91 Å². The number of carbonyl (C=O) groups is 1. The molecule has 2 aromatic rings. The quantitative estimate of drug-likeness (QED) is 0.630. The van der Waals surface area contributed by atoms with E-state index in [1.165, 1.54) is 23.6 Å². The zero-order chi connectivity index (χ0) is 17.4. The first kappa shape index (κ1) is 17.0. The summed E-state index contributed by atoms with van der Waals surface area (Å²) in [5.74, 6) is 0.252. The van der Waals surface area contributed by atoms with Crippen molar-refractivity contribution in [1.29, 1.82) is 0 Å². The number of hydrogen-bond acceptors (Lipinski definition) is 5. The predicted molar refractivity (Wildman–Crippen MR) is 94.3 cm³/mol. The maximum Gasteiger partial charge on any atom is 0.272 e. The van der Waals surface area contributed by atoms with Crippen LogP contribution in [0.3, 0.4) is 0 Å². The highest BCUT2D eigenvalue weighted by molar-refractivity contribution is 5.93. The Labute approximate surface area is 141 Å². The summed E-state index contributed by atoms with van der Waals surface area (Å²) in [5, 5.41) is 1.51. The number of allylic oxidation sites excluding steroid dienone is 3. The SMILES string of the molecule is C=C(/C=C\C=C/N)N(C)NC(=O)c1cnc(-c2ccccc2)nc1. The lowest BCUT2D eigenvalue weighted by Crippen LogP contribution is -2.38. The second kappa shape index (κ2) is 8.28. The molecule has 24 heavy (non-hydrogen) atoms. The van der Waals surface area contributed by atoms with Crippen molar-refractivity contribution in [2.45, 2.75) is 0 Å². The van der Waals surface area contributed by atoms with Crippen LogP contribution < -0.4 is 11.2 Å². The van der Waals surface area contributed by atoms with Crippen LogP contribution in [0.4, 0.5) is 0 Å². The molecule has 1 amide bonds. The van der Waals surface area contributed by atoms with E-state index in [2.05, 4.69) is 22.0 Å². The first-order valence-corrected chi connectivity index (χ1v) is 7.28. The third kappa shape index (κ3) is 4.54. The molecule has 3 N–H and O–H groups in total. The normalized spacial score (nSPS) is 10.9. The molecule has 0 aliphatic carbocycles. The fourth-order valence-corrected chi connectivity index (χ4v) is 1.81. The van der Waals surface area contributed by atoms with E-state index in [1.54, 1.807) is 25.3 Å². The standard InChI is InChI=1S/C18H19N5O/c1-14(8-6-7-11-19)23(2)22-18(24)16-12-20-17(21-13-16)15-9-4-3-5-10-15/h3-13H,1,19H2,2H3,(H,22,24)/b8-6-,11-7-. The van der Waals surface area contributed by atoms with E-state index in [9.17, 15) is 4.79 Å². The van der Waals surface area contributed by atoms with Crippen molar-refractivity contribution in [2.24, 2.45) is 5.73 Å². The van der Waals surface area contributed by atoms with Gasteiger partial charge < -0.3 is 5.73 Å². The van der Waals surface area contributed by atoms with Crippen LogP contribution in [0.25, 0.3) is 11.4 Å². The molecule has 0 atom stereocenters. The van der Waals surface area contributed by atoms with Crippen molar-refractivity contribution in [1.82, 2.24) is 20.4 Å². The molecule has 0 aliphatic heterocycles. The van der Waals surface area contributed by atoms with Crippen LogP contribution in [0, 0.1) is 0 Å². The number of benzene rings is 1. The number of nitrogens with two attached hydrogens (primary N) is 1. The summed E-state index contributed by atoms with van der Waals surface area (Å²) in [6, 6.07) is 9.57. The minimum absolute atomic E-state index is 0.318. The molecule has 0 unspecified atom stereocenters. The molecule has 0 radical (unpaired) electrons. The van der Waals surface area contributed by atoms with Crippen LogP contribution in [-0.4, -0.2) is 27.9 Å². The van der Waals surface area contributed by atoms with Crippen molar-refractivity contribution < 1.29 is 4.79 Å². The molecule has 1 heterocycles. The van der Waals surface area contributed by atoms with Crippen LogP contribution in [0.1, 0.15) is 10.4 Å². The Kier molecular flexibility index (Phi) is 5.85. The highest BCUT2D eigenvalue weighted by Gasteiger charge is 2.10. The lowest BCUT2D eigenvalue weighted by Gasteiger charge is -2.20. The highest BCUT2D eigenvalue weighted by Crippen LogP contribution is 2.13. The van der Waals surface area contributed by atoms with E-state index in [0.717, 1.165) is 5.56 Å². The summed E-state index contributed by atoms with van der Waals surface area (Å²) in [6.07, 6.45) is 9.51. The van der Waals surface area contributed by atoms with Gasteiger partial charge in [-0.2, -0.15) is 0 Å². The molecule has 0 saturated carbocycles. The van der Waals surface area contributed by atoms with E-state index in [0.29, 0.717) is 17.1 Å². The van der Waals surface area contributed by atoms with Crippen molar-refractivity contribution in [3.05, 3.63) is 85.0 Å². The van der Waals surface area contributed by atoms with Crippen molar-refractivity contribution >= 4 is 5.91 Å².